The predicted octanol–water partition coefficient (Wildman–Crippen LogP) is 2.94. The zero-order valence-corrected chi connectivity index (χ0v) is 8.04. The molecule has 0 spiro atoms. The van der Waals surface area contributed by atoms with Crippen LogP contribution in [0.3, 0.4) is 0 Å². The van der Waals surface area contributed by atoms with E-state index in [0.717, 1.165) is 0 Å². The van der Waals surface area contributed by atoms with Crippen molar-refractivity contribution in [1.82, 2.24) is 0 Å². The first kappa shape index (κ1) is 8.29. The Balaban J connectivity index is 2.29. The molecule has 0 aromatic heterocycles. The molecule has 0 aromatic rings. The Morgan fingerprint density at radius 2 is 2.40 bits per heavy atom. The van der Waals surface area contributed by atoms with E-state index in [0.29, 0.717) is 0 Å². The topological polar surface area (TPSA) is 0 Å². The first-order valence-corrected chi connectivity index (χ1v) is 4.72. The molecule has 0 bridgehead atoms. The Bertz CT molecular complexity index is 166. The van der Waals surface area contributed by atoms with Gasteiger partial charge in [0.05, 0.1) is 0 Å². The molecule has 0 aliphatic heterocycles. The molecule has 1 heteroatoms. The summed E-state index contributed by atoms with van der Waals surface area (Å²) in [6.45, 7) is 2.24. The summed E-state index contributed by atoms with van der Waals surface area (Å²) in [4.78, 5) is 0. The minimum absolute atomic E-state index is 1.19. The average Bonchev–Trinajstić information content (AvgIpc) is 2.31. The van der Waals surface area contributed by atoms with Gasteiger partial charge in [-0.1, -0.05) is 0 Å². The van der Waals surface area contributed by atoms with E-state index in [2.05, 4.69) is 39.5 Å². The van der Waals surface area contributed by atoms with Crippen LogP contribution in [-0.2, 0) is 20.4 Å². The van der Waals surface area contributed by atoms with Crippen LogP contribution in [-0.4, -0.2) is 0 Å². The van der Waals surface area contributed by atoms with Crippen molar-refractivity contribution in [2.75, 3.05) is 0 Å². The second-order valence-corrected chi connectivity index (χ2v) is 3.76. The van der Waals surface area contributed by atoms with Crippen molar-refractivity contribution in [2.45, 2.75) is 32.6 Å². The molecule has 0 heterocycles. The summed E-state index contributed by atoms with van der Waals surface area (Å²) in [5, 5.41) is 0. The van der Waals surface area contributed by atoms with E-state index in [1.54, 1.807) is 5.57 Å². The maximum absolute atomic E-state index is 2.35. The minimum atomic E-state index is 1.19. The van der Waals surface area contributed by atoms with Gasteiger partial charge in [-0.05, 0) is 0 Å². The van der Waals surface area contributed by atoms with Gasteiger partial charge in [0.2, 0.25) is 0 Å². The van der Waals surface area contributed by atoms with Gasteiger partial charge < -0.3 is 0 Å². The summed E-state index contributed by atoms with van der Waals surface area (Å²) in [5.74, 6) is 0. The molecule has 53 valence electrons. The first-order chi connectivity index (χ1) is 4.83. The molecule has 0 N–H and O–H groups in total. The molecule has 10 heavy (non-hydrogen) atoms. The average molecular weight is 169 g/mol. The second kappa shape index (κ2) is 4.15. The summed E-state index contributed by atoms with van der Waals surface area (Å²) in [6, 6.07) is 0. The van der Waals surface area contributed by atoms with Gasteiger partial charge in [0.15, 0.2) is 0 Å². The molecule has 1 aliphatic carbocycles. The number of hydrogen-bond acceptors (Lipinski definition) is 0. The van der Waals surface area contributed by atoms with Crippen LogP contribution in [0.15, 0.2) is 21.6 Å². The van der Waals surface area contributed by atoms with E-state index in [9.17, 15) is 0 Å². The number of allylic oxidation sites excluding steroid dienone is 4. The van der Waals surface area contributed by atoms with Crippen LogP contribution < -0.4 is 0 Å². The maximum atomic E-state index is 2.35. The normalized spacial score (nSPS) is 16.8. The Morgan fingerprint density at radius 1 is 1.60 bits per heavy atom. The molecular formula is C9H13Ti. The molecule has 0 radical (unpaired) electrons. The third kappa shape index (κ3) is 2.44. The van der Waals surface area contributed by atoms with Gasteiger partial charge in [-0.15, -0.1) is 0 Å². The van der Waals surface area contributed by atoms with Crippen LogP contribution in [0.2, 0.25) is 0 Å². The van der Waals surface area contributed by atoms with Gasteiger partial charge in [0, 0.05) is 0 Å². The fourth-order valence-corrected chi connectivity index (χ4v) is 1.59. The molecule has 0 saturated heterocycles. The third-order valence-corrected chi connectivity index (χ3v) is 2.31. The monoisotopic (exact) mass is 169 g/mol. The molecule has 0 aromatic carbocycles. The Labute approximate surface area is 74.8 Å². The number of unbranched alkanes of at least 4 members (excludes halogenated alkanes) is 1. The van der Waals surface area contributed by atoms with Crippen molar-refractivity contribution in [3.63, 3.8) is 0 Å². The Hall–Kier alpha value is 0.194. The van der Waals surface area contributed by atoms with Crippen molar-refractivity contribution in [3.05, 3.63) is 21.6 Å². The molecular weight excluding hydrogens is 156 g/mol. The number of hydrogen-bond donors (Lipinski definition) is 0. The third-order valence-electron chi connectivity index (χ3n) is 1.76. The SMILES string of the molecule is CCCCC1=CC[C]([Ti])=C1. The van der Waals surface area contributed by atoms with Crippen LogP contribution in [0.5, 0.6) is 0 Å². The molecule has 0 unspecified atom stereocenters. The standard InChI is InChI=1S/C9H13.Ti/c1-2-3-6-9-7-4-5-8-9;/h7-8H,2-4,6H2,1H3;. The summed E-state index contributed by atoms with van der Waals surface area (Å²) < 4.78 is 1.52. The van der Waals surface area contributed by atoms with Crippen molar-refractivity contribution in [3.8, 4) is 0 Å². The van der Waals surface area contributed by atoms with E-state index in [1.165, 1.54) is 29.6 Å². The zero-order valence-electron chi connectivity index (χ0n) is 6.48. The van der Waals surface area contributed by atoms with E-state index in [-0.39, 0.29) is 0 Å². The summed E-state index contributed by atoms with van der Waals surface area (Å²) in [7, 11) is 0. The molecule has 0 atom stereocenters. The molecule has 0 amide bonds. The van der Waals surface area contributed by atoms with Gasteiger partial charge in [0.1, 0.15) is 0 Å². The van der Waals surface area contributed by atoms with E-state index in [4.69, 9.17) is 0 Å². The van der Waals surface area contributed by atoms with Crippen LogP contribution in [0.4, 0.5) is 0 Å². The van der Waals surface area contributed by atoms with Crippen molar-refractivity contribution in [1.29, 1.82) is 0 Å². The fraction of sp³-hybridized carbons (Fsp3) is 0.556. The van der Waals surface area contributed by atoms with Gasteiger partial charge in [-0.3, -0.25) is 0 Å². The predicted molar refractivity (Wildman–Crippen MR) is 40.3 cm³/mol. The summed E-state index contributed by atoms with van der Waals surface area (Å²) in [6.07, 6.45) is 9.81. The Morgan fingerprint density at radius 3 is 2.90 bits per heavy atom. The van der Waals surface area contributed by atoms with Gasteiger partial charge in [0.25, 0.3) is 0 Å². The molecule has 0 saturated carbocycles. The van der Waals surface area contributed by atoms with E-state index in [1.807, 2.05) is 0 Å². The second-order valence-electron chi connectivity index (χ2n) is 2.76. The molecule has 1 rings (SSSR count). The van der Waals surface area contributed by atoms with Crippen LogP contribution >= 0.6 is 0 Å². The number of rotatable bonds is 3. The fourth-order valence-electron chi connectivity index (χ4n) is 1.14. The van der Waals surface area contributed by atoms with Crippen molar-refractivity contribution in [2.24, 2.45) is 0 Å². The zero-order chi connectivity index (χ0) is 7.40. The summed E-state index contributed by atoms with van der Waals surface area (Å²) in [5.41, 5.74) is 1.55. The Kier molecular flexibility index (Phi) is 3.44. The summed E-state index contributed by atoms with van der Waals surface area (Å²) >= 11 is 2.20. The van der Waals surface area contributed by atoms with Crippen LogP contribution in [0.1, 0.15) is 32.6 Å². The molecule has 0 nitrogen and oxygen atoms in total. The molecule has 0 fully saturated rings. The van der Waals surface area contributed by atoms with Gasteiger partial charge in [-0.25, -0.2) is 0 Å². The van der Waals surface area contributed by atoms with E-state index >= 15 is 0 Å². The van der Waals surface area contributed by atoms with Gasteiger partial charge in [-0.2, -0.15) is 0 Å². The van der Waals surface area contributed by atoms with E-state index < -0.39 is 0 Å². The van der Waals surface area contributed by atoms with Crippen molar-refractivity contribution >= 4 is 0 Å². The first-order valence-electron chi connectivity index (χ1n) is 3.94. The quantitative estimate of drug-likeness (QED) is 0.569. The molecule has 1 aliphatic rings. The van der Waals surface area contributed by atoms with Crippen LogP contribution in [0.25, 0.3) is 0 Å². The van der Waals surface area contributed by atoms with Crippen molar-refractivity contribution < 1.29 is 20.4 Å². The van der Waals surface area contributed by atoms with Crippen LogP contribution in [0, 0.1) is 0 Å². The van der Waals surface area contributed by atoms with Gasteiger partial charge >= 0.3 is 74.6 Å².